The molecule has 0 aromatic heterocycles. The van der Waals surface area contributed by atoms with Gasteiger partial charge in [-0.3, -0.25) is 0 Å². The average Bonchev–Trinajstić information content (AvgIpc) is 1.81. The molecule has 80 valence electrons. The van der Waals surface area contributed by atoms with Crippen LogP contribution in [0.4, 0.5) is 0 Å². The Hall–Kier alpha value is 0.487. The number of hydrogen-bond donors (Lipinski definition) is 1. The van der Waals surface area contributed by atoms with Crippen molar-refractivity contribution in [2.24, 2.45) is 0 Å². The Labute approximate surface area is 88.7 Å². The van der Waals surface area contributed by atoms with Crippen LogP contribution in [0.2, 0.25) is 13.1 Å². The van der Waals surface area contributed by atoms with Crippen molar-refractivity contribution in [2.75, 3.05) is 5.75 Å². The molecule has 0 atom stereocenters. The quantitative estimate of drug-likeness (QED) is 0.569. The summed E-state index contributed by atoms with van der Waals surface area (Å²) in [5, 5.41) is 0. The number of rotatable bonds is 5. The van der Waals surface area contributed by atoms with Gasteiger partial charge in [0.05, 0.1) is 5.60 Å². The van der Waals surface area contributed by atoms with E-state index >= 15 is 0 Å². The third-order valence-corrected chi connectivity index (χ3v) is 4.27. The lowest BCUT2D eigenvalue weighted by molar-refractivity contribution is 0.0591. The lowest BCUT2D eigenvalue weighted by atomic mass is 10.2. The first kappa shape index (κ1) is 13.5. The molecule has 0 aromatic rings. The maximum absolute atomic E-state index is 5.93. The normalized spacial score (nSPS) is 13.8. The van der Waals surface area contributed by atoms with E-state index in [0.29, 0.717) is 5.75 Å². The van der Waals surface area contributed by atoms with Gasteiger partial charge < -0.3 is 8.85 Å². The number of thiol groups is 1. The minimum Gasteiger partial charge on any atom is -0.392 e. The fourth-order valence-corrected chi connectivity index (χ4v) is 4.06. The van der Waals surface area contributed by atoms with Crippen LogP contribution in [0, 0.1) is 0 Å². The first-order chi connectivity index (χ1) is 5.68. The maximum atomic E-state index is 5.93. The molecule has 0 aliphatic heterocycles. The molecule has 0 rings (SSSR count). The Kier molecular flexibility index (Phi) is 5.00. The largest absolute Gasteiger partial charge is 0.392 e. The second-order valence-electron chi connectivity index (χ2n) is 4.59. The van der Waals surface area contributed by atoms with E-state index in [1.54, 1.807) is 0 Å². The fraction of sp³-hybridized carbons (Fsp3) is 1.00. The smallest absolute Gasteiger partial charge is 0.332 e. The van der Waals surface area contributed by atoms with Crippen LogP contribution in [0.1, 0.15) is 27.7 Å². The van der Waals surface area contributed by atoms with Crippen LogP contribution in [-0.2, 0) is 8.85 Å². The summed E-state index contributed by atoms with van der Waals surface area (Å²) in [6, 6.07) is 0. The van der Waals surface area contributed by atoms with Gasteiger partial charge in [0.25, 0.3) is 0 Å². The van der Waals surface area contributed by atoms with Crippen LogP contribution in [-0.4, -0.2) is 26.0 Å². The summed E-state index contributed by atoms with van der Waals surface area (Å²) in [6.45, 7) is 12.3. The van der Waals surface area contributed by atoms with E-state index in [1.807, 2.05) is 27.7 Å². The molecule has 0 aliphatic carbocycles. The molecule has 0 amide bonds. The highest BCUT2D eigenvalue weighted by Crippen LogP contribution is 2.20. The second kappa shape index (κ2) is 4.82. The molecule has 0 unspecified atom stereocenters. The molecule has 0 N–H and O–H groups in total. The first-order valence-electron chi connectivity index (χ1n) is 4.67. The summed E-state index contributed by atoms with van der Waals surface area (Å²) in [5.41, 5.74) is -0.187. The lowest BCUT2D eigenvalue weighted by Gasteiger charge is -2.34. The van der Waals surface area contributed by atoms with Crippen molar-refractivity contribution in [2.45, 2.75) is 52.5 Å². The summed E-state index contributed by atoms with van der Waals surface area (Å²) in [7, 11) is -1.97. The zero-order valence-electron chi connectivity index (χ0n) is 9.55. The van der Waals surface area contributed by atoms with Crippen LogP contribution in [0.3, 0.4) is 0 Å². The van der Waals surface area contributed by atoms with Gasteiger partial charge in [0.2, 0.25) is 0 Å². The van der Waals surface area contributed by atoms with Gasteiger partial charge in [-0.05, 0) is 40.8 Å². The highest BCUT2D eigenvalue weighted by atomic mass is 32.1. The SMILES string of the molecule is CC(C)O[Si](C)(C)OC(C)(C)CS. The van der Waals surface area contributed by atoms with E-state index in [9.17, 15) is 0 Å². The van der Waals surface area contributed by atoms with Crippen LogP contribution in [0.25, 0.3) is 0 Å². The van der Waals surface area contributed by atoms with Crippen molar-refractivity contribution in [3.8, 4) is 0 Å². The molecule has 0 aromatic carbocycles. The molecule has 4 heteroatoms. The van der Waals surface area contributed by atoms with Crippen molar-refractivity contribution >= 4 is 21.2 Å². The lowest BCUT2D eigenvalue weighted by Crippen LogP contribution is -2.45. The van der Waals surface area contributed by atoms with E-state index in [-0.39, 0.29) is 11.7 Å². The van der Waals surface area contributed by atoms with Crippen molar-refractivity contribution in [1.82, 2.24) is 0 Å². The summed E-state index contributed by atoms with van der Waals surface area (Å²) in [5.74, 6) is 0.713. The maximum Gasteiger partial charge on any atom is 0.332 e. The van der Waals surface area contributed by atoms with Crippen molar-refractivity contribution in [3.63, 3.8) is 0 Å². The fourth-order valence-electron chi connectivity index (χ4n) is 1.29. The molecular formula is C9H22O2SSi. The average molecular weight is 222 g/mol. The third-order valence-electron chi connectivity index (χ3n) is 1.42. The summed E-state index contributed by atoms with van der Waals surface area (Å²) >= 11 is 4.25. The molecule has 0 aliphatic rings. The Morgan fingerprint density at radius 3 is 2.08 bits per heavy atom. The van der Waals surface area contributed by atoms with Crippen molar-refractivity contribution in [1.29, 1.82) is 0 Å². The minimum atomic E-state index is -1.97. The summed E-state index contributed by atoms with van der Waals surface area (Å²) in [4.78, 5) is 0. The van der Waals surface area contributed by atoms with Crippen LogP contribution in [0.5, 0.6) is 0 Å². The molecule has 2 nitrogen and oxygen atoms in total. The topological polar surface area (TPSA) is 18.5 Å². The highest BCUT2D eigenvalue weighted by Gasteiger charge is 2.33. The van der Waals surface area contributed by atoms with E-state index in [1.165, 1.54) is 0 Å². The Bertz CT molecular complexity index is 158. The Morgan fingerprint density at radius 2 is 1.77 bits per heavy atom. The monoisotopic (exact) mass is 222 g/mol. The van der Waals surface area contributed by atoms with E-state index < -0.39 is 8.56 Å². The predicted octanol–water partition coefficient (Wildman–Crippen LogP) is 2.84. The van der Waals surface area contributed by atoms with Crippen molar-refractivity contribution < 1.29 is 8.85 Å². The van der Waals surface area contributed by atoms with Gasteiger partial charge in [0, 0.05) is 11.9 Å². The van der Waals surface area contributed by atoms with Gasteiger partial charge >= 0.3 is 8.56 Å². The van der Waals surface area contributed by atoms with E-state index in [0.717, 1.165) is 0 Å². The van der Waals surface area contributed by atoms with Gasteiger partial charge in [0.15, 0.2) is 0 Å². The third kappa shape index (κ3) is 6.54. The van der Waals surface area contributed by atoms with Crippen LogP contribution in [0.15, 0.2) is 0 Å². The molecular weight excluding hydrogens is 200 g/mol. The van der Waals surface area contributed by atoms with Gasteiger partial charge in [0.1, 0.15) is 0 Å². The second-order valence-corrected chi connectivity index (χ2v) is 8.14. The zero-order valence-corrected chi connectivity index (χ0v) is 11.4. The van der Waals surface area contributed by atoms with E-state index in [4.69, 9.17) is 8.85 Å². The standard InChI is InChI=1S/C9H22O2SSi/c1-8(2)10-13(5,6)11-9(3,4)7-12/h8,12H,7H2,1-6H3. The predicted molar refractivity (Wildman–Crippen MR) is 62.7 cm³/mol. The molecule has 0 fully saturated rings. The van der Waals surface area contributed by atoms with Crippen LogP contribution < -0.4 is 0 Å². The molecule has 0 spiro atoms. The van der Waals surface area contributed by atoms with Gasteiger partial charge in [-0.2, -0.15) is 12.6 Å². The molecule has 0 bridgehead atoms. The first-order valence-corrected chi connectivity index (χ1v) is 8.12. The molecule has 0 saturated carbocycles. The van der Waals surface area contributed by atoms with Crippen LogP contribution >= 0.6 is 12.6 Å². The summed E-state index contributed by atoms with van der Waals surface area (Å²) in [6.07, 6.45) is 0.234. The Balaban J connectivity index is 4.16. The van der Waals surface area contributed by atoms with E-state index in [2.05, 4.69) is 25.7 Å². The van der Waals surface area contributed by atoms with Gasteiger partial charge in [-0.25, -0.2) is 0 Å². The molecule has 0 saturated heterocycles. The van der Waals surface area contributed by atoms with Gasteiger partial charge in [-0.1, -0.05) is 0 Å². The minimum absolute atomic E-state index is 0.187. The molecule has 0 radical (unpaired) electrons. The number of hydrogen-bond acceptors (Lipinski definition) is 3. The highest BCUT2D eigenvalue weighted by molar-refractivity contribution is 7.80. The molecule has 13 heavy (non-hydrogen) atoms. The Morgan fingerprint density at radius 1 is 1.31 bits per heavy atom. The van der Waals surface area contributed by atoms with Crippen molar-refractivity contribution in [3.05, 3.63) is 0 Å². The van der Waals surface area contributed by atoms with Gasteiger partial charge in [-0.15, -0.1) is 0 Å². The summed E-state index contributed by atoms with van der Waals surface area (Å²) < 4.78 is 11.7. The molecule has 0 heterocycles. The zero-order chi connectivity index (χ0) is 10.7.